The number of imidazole rings is 1. The van der Waals surface area contributed by atoms with Gasteiger partial charge in [0.2, 0.25) is 0 Å². The number of fused-ring (bicyclic) bond motifs is 1. The van der Waals surface area contributed by atoms with Crippen LogP contribution in [0.3, 0.4) is 0 Å². The Morgan fingerprint density at radius 3 is 2.59 bits per heavy atom. The van der Waals surface area contributed by atoms with E-state index in [1.54, 1.807) is 24.3 Å². The summed E-state index contributed by atoms with van der Waals surface area (Å²) in [5.74, 6) is -0.194. The van der Waals surface area contributed by atoms with Crippen molar-refractivity contribution in [1.82, 2.24) is 9.97 Å². The summed E-state index contributed by atoms with van der Waals surface area (Å²) < 4.78 is 0. The zero-order valence-electron chi connectivity index (χ0n) is 12.3. The molecule has 3 rings (SSSR count). The predicted molar refractivity (Wildman–Crippen MR) is 87.6 cm³/mol. The number of amides is 1. The van der Waals surface area contributed by atoms with E-state index in [0.29, 0.717) is 22.3 Å². The summed E-state index contributed by atoms with van der Waals surface area (Å²) in [7, 11) is 3.85. The summed E-state index contributed by atoms with van der Waals surface area (Å²) >= 11 is 0. The van der Waals surface area contributed by atoms with Crippen LogP contribution in [0, 0.1) is 0 Å². The fourth-order valence-electron chi connectivity index (χ4n) is 2.24. The lowest BCUT2D eigenvalue weighted by Gasteiger charge is -2.13. The first-order valence-corrected chi connectivity index (χ1v) is 6.84. The van der Waals surface area contributed by atoms with Gasteiger partial charge in [0, 0.05) is 31.0 Å². The van der Waals surface area contributed by atoms with Crippen molar-refractivity contribution in [3.05, 3.63) is 58.5 Å². The first-order valence-electron chi connectivity index (χ1n) is 6.84. The molecular weight excluding hydrogens is 280 g/mol. The van der Waals surface area contributed by atoms with Gasteiger partial charge in [-0.1, -0.05) is 6.07 Å². The van der Waals surface area contributed by atoms with Crippen molar-refractivity contribution >= 4 is 28.3 Å². The van der Waals surface area contributed by atoms with Crippen LogP contribution in [0.5, 0.6) is 0 Å². The van der Waals surface area contributed by atoms with Crippen LogP contribution >= 0.6 is 0 Å². The van der Waals surface area contributed by atoms with E-state index in [-0.39, 0.29) is 11.6 Å². The van der Waals surface area contributed by atoms with Gasteiger partial charge in [-0.2, -0.15) is 0 Å². The molecule has 1 heterocycles. The Kier molecular flexibility index (Phi) is 3.42. The Morgan fingerprint density at radius 1 is 1.05 bits per heavy atom. The topological polar surface area (TPSA) is 81.0 Å². The number of aromatic nitrogens is 2. The van der Waals surface area contributed by atoms with Crippen molar-refractivity contribution < 1.29 is 4.79 Å². The highest BCUT2D eigenvalue weighted by atomic mass is 16.2. The highest BCUT2D eigenvalue weighted by molar-refractivity contribution is 6.05. The van der Waals surface area contributed by atoms with Gasteiger partial charge in [-0.05, 0) is 36.4 Å². The van der Waals surface area contributed by atoms with Crippen LogP contribution in [0.2, 0.25) is 0 Å². The van der Waals surface area contributed by atoms with Crippen molar-refractivity contribution in [3.8, 4) is 0 Å². The fraction of sp³-hybridized carbons (Fsp3) is 0.125. The van der Waals surface area contributed by atoms with Crippen LogP contribution in [-0.4, -0.2) is 30.0 Å². The molecule has 3 N–H and O–H groups in total. The number of nitrogens with zero attached hydrogens (tertiary/aromatic N) is 1. The number of hydrogen-bond acceptors (Lipinski definition) is 3. The van der Waals surface area contributed by atoms with Gasteiger partial charge in [-0.3, -0.25) is 4.79 Å². The van der Waals surface area contributed by atoms with Crippen LogP contribution in [0.1, 0.15) is 10.4 Å². The minimum Gasteiger partial charge on any atom is -0.378 e. The number of anilines is 2. The monoisotopic (exact) mass is 296 g/mol. The highest BCUT2D eigenvalue weighted by Crippen LogP contribution is 2.17. The van der Waals surface area contributed by atoms with E-state index in [0.717, 1.165) is 5.69 Å². The van der Waals surface area contributed by atoms with Crippen molar-refractivity contribution in [3.63, 3.8) is 0 Å². The third kappa shape index (κ3) is 2.71. The van der Waals surface area contributed by atoms with E-state index in [2.05, 4.69) is 15.3 Å². The van der Waals surface area contributed by atoms with Crippen molar-refractivity contribution in [2.24, 2.45) is 0 Å². The second-order valence-electron chi connectivity index (χ2n) is 5.24. The van der Waals surface area contributed by atoms with E-state index in [1.807, 2.05) is 37.2 Å². The van der Waals surface area contributed by atoms with Crippen molar-refractivity contribution in [2.75, 3.05) is 24.3 Å². The number of H-pyrrole nitrogens is 2. The normalized spacial score (nSPS) is 10.6. The summed E-state index contributed by atoms with van der Waals surface area (Å²) in [4.78, 5) is 30.8. The molecule has 0 bridgehead atoms. The molecule has 0 saturated heterocycles. The van der Waals surface area contributed by atoms with E-state index in [4.69, 9.17) is 0 Å². The minimum absolute atomic E-state index is 0.194. The molecule has 1 aromatic heterocycles. The molecule has 6 nitrogen and oxygen atoms in total. The first-order chi connectivity index (χ1) is 10.5. The standard InChI is InChI=1S/C16H16N4O2/c1-20(2)12-5-3-4-10(8-12)15(21)17-11-6-7-13-14(9-11)19-16(22)18-13/h3-9H,1-2H3,(H,17,21)(H2,18,19,22). The lowest BCUT2D eigenvalue weighted by Crippen LogP contribution is -2.14. The minimum atomic E-state index is -0.267. The van der Waals surface area contributed by atoms with Gasteiger partial charge in [0.25, 0.3) is 5.91 Å². The lowest BCUT2D eigenvalue weighted by atomic mass is 10.1. The van der Waals surface area contributed by atoms with Gasteiger partial charge < -0.3 is 20.2 Å². The maximum atomic E-state index is 12.3. The number of nitrogens with one attached hydrogen (secondary N) is 3. The van der Waals surface area contributed by atoms with Gasteiger partial charge >= 0.3 is 5.69 Å². The average Bonchev–Trinajstić information content (AvgIpc) is 2.86. The van der Waals surface area contributed by atoms with Gasteiger partial charge in [0.15, 0.2) is 0 Å². The van der Waals surface area contributed by atoms with Gasteiger partial charge in [-0.15, -0.1) is 0 Å². The molecule has 3 aromatic rings. The third-order valence-electron chi connectivity index (χ3n) is 3.40. The van der Waals surface area contributed by atoms with E-state index in [1.165, 1.54) is 0 Å². The van der Waals surface area contributed by atoms with Gasteiger partial charge in [-0.25, -0.2) is 4.79 Å². The molecule has 2 aromatic carbocycles. The molecule has 0 spiro atoms. The Balaban J connectivity index is 1.86. The average molecular weight is 296 g/mol. The predicted octanol–water partition coefficient (Wildman–Crippen LogP) is 2.17. The summed E-state index contributed by atoms with van der Waals surface area (Å²) in [6, 6.07) is 12.6. The fourth-order valence-corrected chi connectivity index (χ4v) is 2.24. The number of aromatic amines is 2. The maximum absolute atomic E-state index is 12.3. The quantitative estimate of drug-likeness (QED) is 0.693. The van der Waals surface area contributed by atoms with Crippen LogP contribution in [0.25, 0.3) is 11.0 Å². The molecule has 0 aliphatic carbocycles. The number of carbonyl (C=O) groups excluding carboxylic acids is 1. The van der Waals surface area contributed by atoms with Crippen molar-refractivity contribution in [2.45, 2.75) is 0 Å². The molecule has 0 aliphatic heterocycles. The number of carbonyl (C=O) groups is 1. The second kappa shape index (κ2) is 5.40. The molecule has 0 unspecified atom stereocenters. The second-order valence-corrected chi connectivity index (χ2v) is 5.24. The Morgan fingerprint density at radius 2 is 1.82 bits per heavy atom. The zero-order valence-corrected chi connectivity index (χ0v) is 12.3. The largest absolute Gasteiger partial charge is 0.378 e. The Labute approximate surface area is 126 Å². The third-order valence-corrected chi connectivity index (χ3v) is 3.40. The molecule has 0 radical (unpaired) electrons. The molecule has 0 aliphatic rings. The van der Waals surface area contributed by atoms with Crippen LogP contribution < -0.4 is 15.9 Å². The molecule has 6 heteroatoms. The summed E-state index contributed by atoms with van der Waals surface area (Å²) in [5.41, 5.74) is 3.26. The summed E-state index contributed by atoms with van der Waals surface area (Å²) in [6.45, 7) is 0. The Bertz CT molecular complexity index is 892. The molecule has 1 amide bonds. The van der Waals surface area contributed by atoms with Crippen molar-refractivity contribution in [1.29, 1.82) is 0 Å². The lowest BCUT2D eigenvalue weighted by molar-refractivity contribution is 0.102. The smallest absolute Gasteiger partial charge is 0.323 e. The Hall–Kier alpha value is -3.02. The van der Waals surface area contributed by atoms with E-state index < -0.39 is 0 Å². The SMILES string of the molecule is CN(C)c1cccc(C(=O)Nc2ccc3[nH]c(=O)[nH]c3c2)c1. The van der Waals surface area contributed by atoms with Gasteiger partial charge in [0.05, 0.1) is 11.0 Å². The zero-order chi connectivity index (χ0) is 15.7. The molecule has 0 saturated carbocycles. The molecule has 0 atom stereocenters. The number of rotatable bonds is 3. The van der Waals surface area contributed by atoms with E-state index in [9.17, 15) is 9.59 Å². The molecular formula is C16H16N4O2. The number of hydrogen-bond donors (Lipinski definition) is 3. The molecule has 0 fully saturated rings. The van der Waals surface area contributed by atoms with Gasteiger partial charge in [0.1, 0.15) is 0 Å². The van der Waals surface area contributed by atoms with Crippen LogP contribution in [-0.2, 0) is 0 Å². The molecule has 22 heavy (non-hydrogen) atoms. The highest BCUT2D eigenvalue weighted by Gasteiger charge is 2.08. The van der Waals surface area contributed by atoms with Crippen LogP contribution in [0.4, 0.5) is 11.4 Å². The first kappa shape index (κ1) is 13.9. The summed E-state index contributed by atoms with van der Waals surface area (Å²) in [6.07, 6.45) is 0. The molecule has 112 valence electrons. The van der Waals surface area contributed by atoms with Crippen LogP contribution in [0.15, 0.2) is 47.3 Å². The maximum Gasteiger partial charge on any atom is 0.323 e. The van der Waals surface area contributed by atoms with E-state index >= 15 is 0 Å². The number of benzene rings is 2. The summed E-state index contributed by atoms with van der Waals surface area (Å²) in [5, 5.41) is 2.83.